The van der Waals surface area contributed by atoms with Crippen LogP contribution in [0.3, 0.4) is 0 Å². The highest BCUT2D eigenvalue weighted by molar-refractivity contribution is 6.00. The monoisotopic (exact) mass is 662 g/mol. The molecule has 1 atom stereocenters. The molecule has 48 heavy (non-hydrogen) atoms. The summed E-state index contributed by atoms with van der Waals surface area (Å²) in [6.45, 7) is 0.992. The van der Waals surface area contributed by atoms with E-state index >= 15 is 0 Å². The number of benzene rings is 3. The minimum atomic E-state index is -4.51. The van der Waals surface area contributed by atoms with Gasteiger partial charge in [-0.25, -0.2) is 0 Å². The standard InChI is InChI=1S/C38H45F3N4O3/c39-38(40,41)27-44-36(48)37(31-18-8-6-16-29(31)30-17-7-9-19-32(30)37)22-11-1-2-12-23-42-34(46)21-24-43-35(47)33-20-10-13-25-45(33)26-28-14-4-3-5-15-28/h3-9,14-19,33H,1-2,10-13,20-27H2,(H,42,46)(H,43,47)(H,44,48). The van der Waals surface area contributed by atoms with Gasteiger partial charge in [0.25, 0.3) is 0 Å². The second kappa shape index (κ2) is 16.3. The second-order valence-electron chi connectivity index (χ2n) is 12.8. The Morgan fingerprint density at radius 3 is 2.08 bits per heavy atom. The predicted octanol–water partition coefficient (Wildman–Crippen LogP) is 6.26. The van der Waals surface area contributed by atoms with Crippen molar-refractivity contribution in [2.45, 2.75) is 82.0 Å². The molecule has 0 radical (unpaired) electrons. The van der Waals surface area contributed by atoms with Crippen LogP contribution in [0.25, 0.3) is 11.1 Å². The number of halogens is 3. The van der Waals surface area contributed by atoms with E-state index in [1.54, 1.807) is 0 Å². The summed E-state index contributed by atoms with van der Waals surface area (Å²) < 4.78 is 39.3. The lowest BCUT2D eigenvalue weighted by Gasteiger charge is -2.34. The number of rotatable bonds is 15. The lowest BCUT2D eigenvalue weighted by molar-refractivity contribution is -0.141. The number of amides is 3. The Morgan fingerprint density at radius 2 is 1.40 bits per heavy atom. The van der Waals surface area contributed by atoms with Crippen LogP contribution in [0.15, 0.2) is 78.9 Å². The molecule has 1 aliphatic heterocycles. The molecule has 256 valence electrons. The number of nitrogens with zero attached hydrogens (tertiary/aromatic N) is 1. The molecule has 0 spiro atoms. The van der Waals surface area contributed by atoms with Crippen molar-refractivity contribution < 1.29 is 27.6 Å². The third-order valence-electron chi connectivity index (χ3n) is 9.50. The van der Waals surface area contributed by atoms with Crippen molar-refractivity contribution in [3.8, 4) is 11.1 Å². The number of hydrogen-bond acceptors (Lipinski definition) is 4. The second-order valence-corrected chi connectivity index (χ2v) is 12.8. The molecule has 0 bridgehead atoms. The average molecular weight is 663 g/mol. The van der Waals surface area contributed by atoms with Crippen LogP contribution >= 0.6 is 0 Å². The Labute approximate surface area is 280 Å². The Kier molecular flexibility index (Phi) is 11.9. The van der Waals surface area contributed by atoms with Gasteiger partial charge in [0.1, 0.15) is 12.0 Å². The van der Waals surface area contributed by atoms with Crippen LogP contribution in [0.5, 0.6) is 0 Å². The third-order valence-corrected chi connectivity index (χ3v) is 9.50. The van der Waals surface area contributed by atoms with Crippen LogP contribution in [0.1, 0.15) is 74.5 Å². The molecule has 3 N–H and O–H groups in total. The number of hydrogen-bond donors (Lipinski definition) is 3. The van der Waals surface area contributed by atoms with Crippen molar-refractivity contribution in [3.63, 3.8) is 0 Å². The first-order chi connectivity index (χ1) is 23.2. The van der Waals surface area contributed by atoms with Crippen molar-refractivity contribution in [2.75, 3.05) is 26.2 Å². The fourth-order valence-corrected chi connectivity index (χ4v) is 7.18. The van der Waals surface area contributed by atoms with Crippen LogP contribution in [0, 0.1) is 0 Å². The van der Waals surface area contributed by atoms with Gasteiger partial charge in [-0.15, -0.1) is 0 Å². The summed E-state index contributed by atoms with van der Waals surface area (Å²) in [4.78, 5) is 41.2. The van der Waals surface area contributed by atoms with Gasteiger partial charge in [-0.2, -0.15) is 13.2 Å². The highest BCUT2D eigenvalue weighted by atomic mass is 19.4. The smallest absolute Gasteiger partial charge is 0.356 e. The minimum Gasteiger partial charge on any atom is -0.356 e. The number of fused-ring (bicyclic) bond motifs is 3. The number of carbonyl (C=O) groups is 3. The Morgan fingerprint density at radius 1 is 0.750 bits per heavy atom. The first-order valence-electron chi connectivity index (χ1n) is 17.1. The molecule has 10 heteroatoms. The van der Waals surface area contributed by atoms with E-state index in [2.05, 4.69) is 33.0 Å². The molecule has 3 aromatic carbocycles. The Hall–Kier alpha value is -4.18. The first kappa shape index (κ1) is 35.1. The van der Waals surface area contributed by atoms with Crippen LogP contribution in [-0.4, -0.2) is 61.0 Å². The normalized spacial score (nSPS) is 16.9. The maximum atomic E-state index is 13.6. The van der Waals surface area contributed by atoms with Gasteiger partial charge < -0.3 is 16.0 Å². The minimum absolute atomic E-state index is 0.0317. The van der Waals surface area contributed by atoms with Gasteiger partial charge >= 0.3 is 6.18 Å². The van der Waals surface area contributed by atoms with Crippen molar-refractivity contribution in [3.05, 3.63) is 95.6 Å². The van der Waals surface area contributed by atoms with Gasteiger partial charge in [-0.05, 0) is 60.0 Å². The summed E-state index contributed by atoms with van der Waals surface area (Å²) >= 11 is 0. The quantitative estimate of drug-likeness (QED) is 0.168. The van der Waals surface area contributed by atoms with E-state index in [0.29, 0.717) is 19.4 Å². The Balaban J connectivity index is 1.05. The van der Waals surface area contributed by atoms with Crippen molar-refractivity contribution in [2.24, 2.45) is 0 Å². The van der Waals surface area contributed by atoms with Crippen LogP contribution in [0.2, 0.25) is 0 Å². The molecule has 0 aromatic heterocycles. The van der Waals surface area contributed by atoms with Crippen molar-refractivity contribution in [1.29, 1.82) is 0 Å². The van der Waals surface area contributed by atoms with E-state index in [0.717, 1.165) is 73.9 Å². The molecule has 3 amide bonds. The van der Waals surface area contributed by atoms with Crippen LogP contribution in [0.4, 0.5) is 13.2 Å². The number of unbranched alkanes of at least 4 members (excludes halogenated alkanes) is 3. The van der Waals surface area contributed by atoms with Crippen LogP contribution in [-0.2, 0) is 26.3 Å². The maximum Gasteiger partial charge on any atom is 0.405 e. The first-order valence-corrected chi connectivity index (χ1v) is 17.1. The molecule has 5 rings (SSSR count). The molecule has 0 saturated carbocycles. The lowest BCUT2D eigenvalue weighted by Crippen LogP contribution is -2.49. The number of alkyl halides is 3. The summed E-state index contributed by atoms with van der Waals surface area (Å²) in [5.41, 5.74) is 3.19. The summed E-state index contributed by atoms with van der Waals surface area (Å²) in [5, 5.41) is 8.05. The number of likely N-dealkylation sites (tertiary alicyclic amines) is 1. The molecular formula is C38H45F3N4O3. The van der Waals surface area contributed by atoms with E-state index < -0.39 is 24.0 Å². The molecule has 1 aliphatic carbocycles. The third kappa shape index (κ3) is 8.64. The van der Waals surface area contributed by atoms with E-state index in [4.69, 9.17) is 0 Å². The molecule has 1 saturated heterocycles. The molecule has 2 aliphatic rings. The molecule has 1 fully saturated rings. The fourth-order valence-electron chi connectivity index (χ4n) is 7.18. The van der Waals surface area contributed by atoms with Gasteiger partial charge in [-0.1, -0.05) is 105 Å². The predicted molar refractivity (Wildman–Crippen MR) is 180 cm³/mol. The zero-order chi connectivity index (χ0) is 34.0. The SMILES string of the molecule is O=C(CCNC(=O)C1CCCCN1Cc1ccccc1)NCCCCCCC1(C(=O)NCC(F)(F)F)c2ccccc2-c2ccccc21. The largest absolute Gasteiger partial charge is 0.405 e. The van der Waals surface area contributed by atoms with Crippen molar-refractivity contribution in [1.82, 2.24) is 20.9 Å². The number of carbonyl (C=O) groups excluding carboxylic acids is 3. The molecule has 1 unspecified atom stereocenters. The number of nitrogens with one attached hydrogen (secondary N) is 3. The molecule has 1 heterocycles. The van der Waals surface area contributed by atoms with Gasteiger partial charge in [0.2, 0.25) is 17.7 Å². The molecule has 7 nitrogen and oxygen atoms in total. The number of piperidine rings is 1. The van der Waals surface area contributed by atoms with Gasteiger partial charge in [0, 0.05) is 26.1 Å². The van der Waals surface area contributed by atoms with E-state index in [1.165, 1.54) is 5.56 Å². The zero-order valence-corrected chi connectivity index (χ0v) is 27.3. The van der Waals surface area contributed by atoms with Gasteiger partial charge in [0.15, 0.2) is 0 Å². The average Bonchev–Trinajstić information content (AvgIpc) is 3.37. The zero-order valence-electron chi connectivity index (χ0n) is 27.3. The van der Waals surface area contributed by atoms with Gasteiger partial charge in [0.05, 0.1) is 6.04 Å². The topological polar surface area (TPSA) is 90.5 Å². The fraction of sp³-hybridized carbons (Fsp3) is 0.447. The highest BCUT2D eigenvalue weighted by Gasteiger charge is 2.49. The molecular weight excluding hydrogens is 617 g/mol. The summed E-state index contributed by atoms with van der Waals surface area (Å²) in [7, 11) is 0. The van der Waals surface area contributed by atoms with Gasteiger partial charge in [-0.3, -0.25) is 19.3 Å². The van der Waals surface area contributed by atoms with E-state index in [9.17, 15) is 27.6 Å². The summed E-state index contributed by atoms with van der Waals surface area (Å²) in [6.07, 6.45) is 1.86. The highest BCUT2D eigenvalue weighted by Crippen LogP contribution is 2.51. The lowest BCUT2D eigenvalue weighted by atomic mass is 9.73. The van der Waals surface area contributed by atoms with E-state index in [-0.39, 0.29) is 30.8 Å². The summed E-state index contributed by atoms with van der Waals surface area (Å²) in [6, 6.07) is 24.8. The Bertz CT molecular complexity index is 1500. The van der Waals surface area contributed by atoms with E-state index in [1.807, 2.05) is 66.7 Å². The van der Waals surface area contributed by atoms with Crippen LogP contribution < -0.4 is 16.0 Å². The maximum absolute atomic E-state index is 13.6. The van der Waals surface area contributed by atoms with Crippen molar-refractivity contribution >= 4 is 17.7 Å². The summed E-state index contributed by atoms with van der Waals surface area (Å²) in [5.74, 6) is -0.792. The molecule has 3 aromatic rings.